The number of aryl methyl sites for hydroxylation is 2. The van der Waals surface area contributed by atoms with Gasteiger partial charge < -0.3 is 4.74 Å². The van der Waals surface area contributed by atoms with Crippen molar-refractivity contribution in [3.63, 3.8) is 0 Å². The van der Waals surface area contributed by atoms with Gasteiger partial charge in [0.2, 0.25) is 0 Å². The summed E-state index contributed by atoms with van der Waals surface area (Å²) in [5, 5.41) is 0. The Bertz CT molecular complexity index is 564. The molecule has 130 valence electrons. The molecule has 2 aromatic rings. The zero-order valence-electron chi connectivity index (χ0n) is 14.3. The molecule has 1 saturated heterocycles. The number of likely N-dealkylation sites (tertiary alicyclic amines) is 1. The minimum Gasteiger partial charge on any atom is -0.492 e. The molecule has 0 unspecified atom stereocenters. The predicted molar refractivity (Wildman–Crippen MR) is 103 cm³/mol. The normalized spacial score (nSPS) is 14.8. The minimum atomic E-state index is 0. The van der Waals surface area contributed by atoms with Crippen molar-refractivity contribution in [1.29, 1.82) is 0 Å². The van der Waals surface area contributed by atoms with E-state index in [9.17, 15) is 0 Å². The number of hydrogen-bond acceptors (Lipinski definition) is 2. The lowest BCUT2D eigenvalue weighted by atomic mass is 10.0. The molecule has 3 heteroatoms. The summed E-state index contributed by atoms with van der Waals surface area (Å²) in [5.41, 5.74) is 2.77. The highest BCUT2D eigenvalue weighted by atomic mass is 35.5. The van der Waals surface area contributed by atoms with Crippen LogP contribution in [-0.2, 0) is 12.8 Å². The van der Waals surface area contributed by atoms with Crippen molar-refractivity contribution in [1.82, 2.24) is 4.90 Å². The highest BCUT2D eigenvalue weighted by molar-refractivity contribution is 5.85. The van der Waals surface area contributed by atoms with E-state index in [2.05, 4.69) is 59.5 Å². The minimum absolute atomic E-state index is 0. The van der Waals surface area contributed by atoms with Crippen LogP contribution in [0.25, 0.3) is 0 Å². The maximum absolute atomic E-state index is 5.88. The molecule has 1 aliphatic rings. The van der Waals surface area contributed by atoms with Crippen LogP contribution in [0.5, 0.6) is 5.75 Å². The highest BCUT2D eigenvalue weighted by Crippen LogP contribution is 2.15. The Balaban J connectivity index is 0.00000208. The molecular formula is C21H28ClNO. The topological polar surface area (TPSA) is 12.5 Å². The van der Waals surface area contributed by atoms with Gasteiger partial charge in [-0.1, -0.05) is 48.9 Å². The van der Waals surface area contributed by atoms with Crippen LogP contribution in [0.3, 0.4) is 0 Å². The Morgan fingerprint density at radius 2 is 1.38 bits per heavy atom. The summed E-state index contributed by atoms with van der Waals surface area (Å²) >= 11 is 0. The number of rotatable bonds is 7. The standard InChI is InChI=1S/C21H27NO.ClH/c1-3-7-19(8-4-1)9-10-20-11-13-21(14-12-20)23-18-17-22-15-5-2-6-16-22;/h1,3-4,7-8,11-14H,2,5-6,9-10,15-18H2;1H. The number of ether oxygens (including phenoxy) is 1. The van der Waals surface area contributed by atoms with Crippen molar-refractivity contribution in [2.45, 2.75) is 32.1 Å². The molecule has 0 atom stereocenters. The fraction of sp³-hybridized carbons (Fsp3) is 0.429. The molecule has 0 aromatic heterocycles. The number of halogens is 1. The van der Waals surface area contributed by atoms with Crippen LogP contribution in [-0.4, -0.2) is 31.1 Å². The van der Waals surface area contributed by atoms with Gasteiger partial charge in [0.15, 0.2) is 0 Å². The maximum Gasteiger partial charge on any atom is 0.119 e. The van der Waals surface area contributed by atoms with Crippen molar-refractivity contribution in [2.75, 3.05) is 26.2 Å². The fourth-order valence-corrected chi connectivity index (χ4v) is 3.16. The van der Waals surface area contributed by atoms with Crippen LogP contribution in [0.2, 0.25) is 0 Å². The first kappa shape index (κ1) is 18.8. The number of nitrogens with zero attached hydrogens (tertiary/aromatic N) is 1. The predicted octanol–water partition coefficient (Wildman–Crippen LogP) is 4.76. The van der Waals surface area contributed by atoms with E-state index in [-0.39, 0.29) is 12.4 Å². The van der Waals surface area contributed by atoms with E-state index in [1.807, 2.05) is 0 Å². The summed E-state index contributed by atoms with van der Waals surface area (Å²) in [4.78, 5) is 2.51. The first-order chi connectivity index (χ1) is 11.4. The summed E-state index contributed by atoms with van der Waals surface area (Å²) in [6, 6.07) is 19.3. The van der Waals surface area contributed by atoms with Crippen molar-refractivity contribution >= 4 is 12.4 Å². The van der Waals surface area contributed by atoms with Gasteiger partial charge in [-0.25, -0.2) is 0 Å². The van der Waals surface area contributed by atoms with Crippen LogP contribution in [0.15, 0.2) is 54.6 Å². The molecule has 24 heavy (non-hydrogen) atoms. The van der Waals surface area contributed by atoms with E-state index >= 15 is 0 Å². The van der Waals surface area contributed by atoms with Crippen LogP contribution < -0.4 is 4.74 Å². The molecule has 0 N–H and O–H groups in total. The van der Waals surface area contributed by atoms with E-state index in [1.54, 1.807) is 0 Å². The molecule has 3 rings (SSSR count). The van der Waals surface area contributed by atoms with Crippen LogP contribution in [0.4, 0.5) is 0 Å². The molecular weight excluding hydrogens is 318 g/mol. The molecule has 0 radical (unpaired) electrons. The SMILES string of the molecule is Cl.c1ccc(CCc2ccc(OCCN3CCCCC3)cc2)cc1. The Labute approximate surface area is 152 Å². The summed E-state index contributed by atoms with van der Waals surface area (Å²) in [6.45, 7) is 4.32. The van der Waals surface area contributed by atoms with Gasteiger partial charge in [0.05, 0.1) is 0 Å². The monoisotopic (exact) mass is 345 g/mol. The average Bonchev–Trinajstić information content (AvgIpc) is 2.63. The fourth-order valence-electron chi connectivity index (χ4n) is 3.16. The molecule has 0 spiro atoms. The molecule has 2 aromatic carbocycles. The second kappa shape index (κ2) is 10.4. The van der Waals surface area contributed by atoms with Gasteiger partial charge in [0.1, 0.15) is 12.4 Å². The molecule has 0 saturated carbocycles. The molecule has 0 aliphatic carbocycles. The summed E-state index contributed by atoms with van der Waals surface area (Å²) in [7, 11) is 0. The van der Waals surface area contributed by atoms with Crippen molar-refractivity contribution in [3.8, 4) is 5.75 Å². The lowest BCUT2D eigenvalue weighted by Crippen LogP contribution is -2.33. The van der Waals surface area contributed by atoms with Gasteiger partial charge in [-0.3, -0.25) is 4.90 Å². The molecule has 1 aliphatic heterocycles. The Morgan fingerprint density at radius 3 is 2.04 bits per heavy atom. The Kier molecular flexibility index (Phi) is 8.14. The first-order valence-electron chi connectivity index (χ1n) is 8.88. The highest BCUT2D eigenvalue weighted by Gasteiger charge is 2.09. The molecule has 0 amide bonds. The van der Waals surface area contributed by atoms with Crippen molar-refractivity contribution in [3.05, 3.63) is 65.7 Å². The Hall–Kier alpha value is -1.51. The molecule has 1 fully saturated rings. The van der Waals surface area contributed by atoms with Crippen LogP contribution in [0.1, 0.15) is 30.4 Å². The van der Waals surface area contributed by atoms with Gasteiger partial charge in [-0.05, 0) is 62.0 Å². The van der Waals surface area contributed by atoms with Gasteiger partial charge >= 0.3 is 0 Å². The van der Waals surface area contributed by atoms with Crippen molar-refractivity contribution in [2.24, 2.45) is 0 Å². The molecule has 1 heterocycles. The first-order valence-corrected chi connectivity index (χ1v) is 8.88. The third-order valence-corrected chi connectivity index (χ3v) is 4.59. The van der Waals surface area contributed by atoms with E-state index in [0.717, 1.165) is 31.7 Å². The van der Waals surface area contributed by atoms with Crippen molar-refractivity contribution < 1.29 is 4.74 Å². The average molecular weight is 346 g/mol. The van der Waals surface area contributed by atoms with Gasteiger partial charge in [-0.2, -0.15) is 0 Å². The number of benzene rings is 2. The number of hydrogen-bond donors (Lipinski definition) is 0. The summed E-state index contributed by atoms with van der Waals surface area (Å²) in [6.07, 6.45) is 6.25. The van der Waals surface area contributed by atoms with Crippen LogP contribution >= 0.6 is 12.4 Å². The van der Waals surface area contributed by atoms with E-state index < -0.39 is 0 Å². The zero-order valence-corrected chi connectivity index (χ0v) is 15.1. The smallest absolute Gasteiger partial charge is 0.119 e. The largest absolute Gasteiger partial charge is 0.492 e. The quantitative estimate of drug-likeness (QED) is 0.717. The summed E-state index contributed by atoms with van der Waals surface area (Å²) < 4.78 is 5.88. The zero-order chi connectivity index (χ0) is 15.7. The number of piperidine rings is 1. The molecule has 2 nitrogen and oxygen atoms in total. The van der Waals surface area contributed by atoms with Gasteiger partial charge in [-0.15, -0.1) is 12.4 Å². The third kappa shape index (κ3) is 6.18. The van der Waals surface area contributed by atoms with Gasteiger partial charge in [0, 0.05) is 6.54 Å². The maximum atomic E-state index is 5.88. The second-order valence-corrected chi connectivity index (χ2v) is 6.38. The lowest BCUT2D eigenvalue weighted by molar-refractivity contribution is 0.183. The molecule has 0 bridgehead atoms. The van der Waals surface area contributed by atoms with Gasteiger partial charge in [0.25, 0.3) is 0 Å². The van der Waals surface area contributed by atoms with E-state index in [1.165, 1.54) is 43.5 Å². The second-order valence-electron chi connectivity index (χ2n) is 6.38. The summed E-state index contributed by atoms with van der Waals surface area (Å²) in [5.74, 6) is 0.991. The Morgan fingerprint density at radius 1 is 0.750 bits per heavy atom. The van der Waals surface area contributed by atoms with E-state index in [4.69, 9.17) is 4.74 Å². The lowest BCUT2D eigenvalue weighted by Gasteiger charge is -2.26. The van der Waals surface area contributed by atoms with E-state index in [0.29, 0.717) is 0 Å². The van der Waals surface area contributed by atoms with Crippen LogP contribution in [0, 0.1) is 0 Å². The third-order valence-electron chi connectivity index (χ3n) is 4.59.